The lowest BCUT2D eigenvalue weighted by Crippen LogP contribution is -2.23. The number of para-hydroxylation sites is 1. The molecule has 1 aliphatic carbocycles. The zero-order valence-electron chi connectivity index (χ0n) is 17.0. The number of fused-ring (bicyclic) bond motifs is 1. The molecule has 2 aromatic carbocycles. The highest BCUT2D eigenvalue weighted by Crippen LogP contribution is 2.30. The molecule has 0 spiro atoms. The summed E-state index contributed by atoms with van der Waals surface area (Å²) in [5.41, 5.74) is 6.31. The number of anilines is 2. The van der Waals surface area contributed by atoms with Gasteiger partial charge < -0.3 is 10.2 Å². The number of hydrogen-bond acceptors (Lipinski definition) is 3. The molecule has 6 heteroatoms. The van der Waals surface area contributed by atoms with E-state index in [4.69, 9.17) is 5.10 Å². The van der Waals surface area contributed by atoms with Gasteiger partial charge in [0, 0.05) is 35.6 Å². The Morgan fingerprint density at radius 1 is 1.03 bits per heavy atom. The van der Waals surface area contributed by atoms with Crippen molar-refractivity contribution < 1.29 is 9.59 Å². The van der Waals surface area contributed by atoms with Gasteiger partial charge in [-0.2, -0.15) is 5.10 Å². The maximum atomic E-state index is 13.1. The van der Waals surface area contributed by atoms with Crippen LogP contribution >= 0.6 is 0 Å². The largest absolute Gasteiger partial charge is 0.321 e. The van der Waals surface area contributed by atoms with Crippen molar-refractivity contribution in [3.8, 4) is 5.69 Å². The molecule has 0 radical (unpaired) electrons. The number of benzene rings is 2. The summed E-state index contributed by atoms with van der Waals surface area (Å²) in [7, 11) is 0. The Kier molecular flexibility index (Phi) is 4.62. The van der Waals surface area contributed by atoms with Crippen LogP contribution in [0.2, 0.25) is 0 Å². The van der Waals surface area contributed by atoms with E-state index in [0.29, 0.717) is 17.8 Å². The monoisotopic (exact) mass is 400 g/mol. The molecule has 1 fully saturated rings. The van der Waals surface area contributed by atoms with Crippen LogP contribution in [-0.2, 0) is 17.6 Å². The first-order valence-electron chi connectivity index (χ1n) is 10.5. The summed E-state index contributed by atoms with van der Waals surface area (Å²) in [6, 6.07) is 15.6. The average Bonchev–Trinajstić information content (AvgIpc) is 3.45. The van der Waals surface area contributed by atoms with Crippen molar-refractivity contribution in [3.63, 3.8) is 0 Å². The fourth-order valence-electron chi connectivity index (χ4n) is 4.48. The van der Waals surface area contributed by atoms with Crippen LogP contribution in [0, 0.1) is 6.92 Å². The van der Waals surface area contributed by atoms with Gasteiger partial charge in [-0.05, 0) is 62.4 Å². The van der Waals surface area contributed by atoms with Gasteiger partial charge in [-0.25, -0.2) is 4.68 Å². The molecular formula is C24H24N4O2. The second-order valence-corrected chi connectivity index (χ2v) is 7.98. The van der Waals surface area contributed by atoms with Gasteiger partial charge >= 0.3 is 0 Å². The Morgan fingerprint density at radius 2 is 1.90 bits per heavy atom. The van der Waals surface area contributed by atoms with E-state index in [1.54, 1.807) is 4.90 Å². The number of aryl methyl sites for hydroxylation is 1. The first-order chi connectivity index (χ1) is 14.6. The molecule has 1 aromatic heterocycles. The van der Waals surface area contributed by atoms with Gasteiger partial charge in [0.2, 0.25) is 5.91 Å². The Balaban J connectivity index is 1.45. The maximum Gasteiger partial charge on any atom is 0.276 e. The second-order valence-electron chi connectivity index (χ2n) is 7.98. The van der Waals surface area contributed by atoms with E-state index >= 15 is 0 Å². The summed E-state index contributed by atoms with van der Waals surface area (Å²) in [5, 5.41) is 7.70. The highest BCUT2D eigenvalue weighted by Gasteiger charge is 2.28. The predicted octanol–water partition coefficient (Wildman–Crippen LogP) is 4.05. The van der Waals surface area contributed by atoms with Crippen LogP contribution < -0.4 is 10.2 Å². The van der Waals surface area contributed by atoms with Gasteiger partial charge in [-0.3, -0.25) is 9.59 Å². The standard InChI is InChI=1S/C24H24N4O2/c1-16-7-2-3-11-20(16)28-21-12-5-10-19(21)23(26-28)24(30)25-17-8-4-9-18(15-17)27-14-6-13-22(27)29/h2-4,7-9,11,15H,5-6,10,12-14H2,1H3,(H,25,30). The second kappa shape index (κ2) is 7.44. The molecule has 6 nitrogen and oxygen atoms in total. The third-order valence-corrected chi connectivity index (χ3v) is 5.98. The van der Waals surface area contributed by atoms with E-state index in [2.05, 4.69) is 18.3 Å². The Hall–Kier alpha value is -3.41. The lowest BCUT2D eigenvalue weighted by molar-refractivity contribution is -0.117. The number of aromatic nitrogens is 2. The summed E-state index contributed by atoms with van der Waals surface area (Å²) in [5.74, 6) is -0.0707. The number of amides is 2. The molecule has 0 saturated carbocycles. The molecule has 2 aliphatic rings. The van der Waals surface area contributed by atoms with E-state index in [1.807, 2.05) is 47.1 Å². The van der Waals surface area contributed by atoms with E-state index in [9.17, 15) is 9.59 Å². The maximum absolute atomic E-state index is 13.1. The number of hydrogen-bond donors (Lipinski definition) is 1. The first kappa shape index (κ1) is 18.6. The lowest BCUT2D eigenvalue weighted by Gasteiger charge is -2.16. The topological polar surface area (TPSA) is 67.2 Å². The lowest BCUT2D eigenvalue weighted by atomic mass is 10.1. The zero-order valence-corrected chi connectivity index (χ0v) is 17.0. The van der Waals surface area contributed by atoms with Crippen LogP contribution in [0.15, 0.2) is 48.5 Å². The molecule has 1 N–H and O–H groups in total. The zero-order chi connectivity index (χ0) is 20.7. The van der Waals surface area contributed by atoms with E-state index < -0.39 is 0 Å². The molecule has 2 amide bonds. The molecule has 152 valence electrons. The number of rotatable bonds is 4. The van der Waals surface area contributed by atoms with Crippen LogP contribution in [0.4, 0.5) is 11.4 Å². The van der Waals surface area contributed by atoms with Crippen molar-refractivity contribution >= 4 is 23.2 Å². The Bertz CT molecular complexity index is 1150. The summed E-state index contributed by atoms with van der Waals surface area (Å²) in [4.78, 5) is 27.0. The van der Waals surface area contributed by atoms with Gasteiger partial charge in [0.15, 0.2) is 5.69 Å². The number of carbonyl (C=O) groups is 2. The van der Waals surface area contributed by atoms with Gasteiger partial charge in [-0.15, -0.1) is 0 Å². The Morgan fingerprint density at radius 3 is 2.70 bits per heavy atom. The molecule has 30 heavy (non-hydrogen) atoms. The number of carbonyl (C=O) groups excluding carboxylic acids is 2. The third kappa shape index (κ3) is 3.18. The molecule has 0 bridgehead atoms. The SMILES string of the molecule is Cc1ccccc1-n1nc(C(=O)Nc2cccc(N3CCCC3=O)c2)c2c1CCC2. The van der Waals surface area contributed by atoms with Gasteiger partial charge in [0.05, 0.1) is 5.69 Å². The summed E-state index contributed by atoms with van der Waals surface area (Å²) < 4.78 is 1.94. The Labute approximate surface area is 175 Å². The number of nitrogens with zero attached hydrogens (tertiary/aromatic N) is 3. The van der Waals surface area contributed by atoms with Crippen molar-refractivity contribution in [2.75, 3.05) is 16.8 Å². The van der Waals surface area contributed by atoms with Gasteiger partial charge in [0.25, 0.3) is 5.91 Å². The molecular weight excluding hydrogens is 376 g/mol. The fraction of sp³-hybridized carbons (Fsp3) is 0.292. The minimum absolute atomic E-state index is 0.133. The summed E-state index contributed by atoms with van der Waals surface area (Å²) in [6.45, 7) is 2.79. The summed E-state index contributed by atoms with van der Waals surface area (Å²) in [6.07, 6.45) is 4.28. The van der Waals surface area contributed by atoms with Crippen molar-refractivity contribution in [2.24, 2.45) is 0 Å². The molecule has 2 heterocycles. The summed E-state index contributed by atoms with van der Waals surface area (Å²) >= 11 is 0. The highest BCUT2D eigenvalue weighted by atomic mass is 16.2. The van der Waals surface area contributed by atoms with E-state index in [0.717, 1.165) is 60.4 Å². The molecule has 3 aromatic rings. The molecule has 0 atom stereocenters. The molecule has 1 aliphatic heterocycles. The average molecular weight is 400 g/mol. The van der Waals surface area contributed by atoms with Crippen LogP contribution in [-0.4, -0.2) is 28.1 Å². The highest BCUT2D eigenvalue weighted by molar-refractivity contribution is 6.05. The fourth-order valence-corrected chi connectivity index (χ4v) is 4.48. The first-order valence-corrected chi connectivity index (χ1v) is 10.5. The molecule has 5 rings (SSSR count). The van der Waals surface area contributed by atoms with E-state index in [-0.39, 0.29) is 11.8 Å². The molecule has 1 saturated heterocycles. The minimum atomic E-state index is -0.203. The third-order valence-electron chi connectivity index (χ3n) is 5.98. The van der Waals surface area contributed by atoms with Crippen LogP contribution in [0.5, 0.6) is 0 Å². The normalized spacial score (nSPS) is 15.5. The van der Waals surface area contributed by atoms with Gasteiger partial charge in [-0.1, -0.05) is 24.3 Å². The minimum Gasteiger partial charge on any atom is -0.321 e. The quantitative estimate of drug-likeness (QED) is 0.718. The van der Waals surface area contributed by atoms with Gasteiger partial charge in [0.1, 0.15) is 0 Å². The smallest absolute Gasteiger partial charge is 0.276 e. The molecule has 0 unspecified atom stereocenters. The van der Waals surface area contributed by atoms with Crippen LogP contribution in [0.3, 0.4) is 0 Å². The van der Waals surface area contributed by atoms with Crippen molar-refractivity contribution in [1.82, 2.24) is 9.78 Å². The van der Waals surface area contributed by atoms with Crippen molar-refractivity contribution in [1.29, 1.82) is 0 Å². The van der Waals surface area contributed by atoms with Crippen LogP contribution in [0.25, 0.3) is 5.69 Å². The van der Waals surface area contributed by atoms with Crippen LogP contribution in [0.1, 0.15) is 46.6 Å². The van der Waals surface area contributed by atoms with Crippen molar-refractivity contribution in [3.05, 3.63) is 71.0 Å². The number of nitrogens with one attached hydrogen (secondary N) is 1. The van der Waals surface area contributed by atoms with Crippen molar-refractivity contribution in [2.45, 2.75) is 39.0 Å². The van der Waals surface area contributed by atoms with E-state index in [1.165, 1.54) is 0 Å². The predicted molar refractivity (Wildman–Crippen MR) is 116 cm³/mol.